The van der Waals surface area contributed by atoms with Crippen LogP contribution in [0.2, 0.25) is 0 Å². The highest BCUT2D eigenvalue weighted by molar-refractivity contribution is 9.10. The lowest BCUT2D eigenvalue weighted by molar-refractivity contribution is 0.709. The SMILES string of the molecule is CC[C@@H](N)c1sc(C)cc1Br. The van der Waals surface area contributed by atoms with Crippen LogP contribution in [0.4, 0.5) is 0 Å². The second-order valence-electron chi connectivity index (χ2n) is 2.58. The normalized spacial score (nSPS) is 13.5. The van der Waals surface area contributed by atoms with Crippen LogP contribution in [0, 0.1) is 6.92 Å². The smallest absolute Gasteiger partial charge is 0.0398 e. The average molecular weight is 234 g/mol. The van der Waals surface area contributed by atoms with Gasteiger partial charge in [-0.2, -0.15) is 0 Å². The molecule has 0 radical (unpaired) electrons. The molecule has 2 N–H and O–H groups in total. The van der Waals surface area contributed by atoms with Crippen molar-refractivity contribution in [2.45, 2.75) is 26.3 Å². The van der Waals surface area contributed by atoms with Gasteiger partial charge in [0.25, 0.3) is 0 Å². The molecule has 0 saturated heterocycles. The van der Waals surface area contributed by atoms with E-state index in [1.807, 2.05) is 0 Å². The molecule has 0 aromatic carbocycles. The quantitative estimate of drug-likeness (QED) is 0.835. The first kappa shape index (κ1) is 9.23. The Hall–Kier alpha value is 0.140. The molecule has 1 heterocycles. The summed E-state index contributed by atoms with van der Waals surface area (Å²) in [6.45, 7) is 4.20. The monoisotopic (exact) mass is 233 g/mol. The van der Waals surface area contributed by atoms with Crippen LogP contribution in [0.15, 0.2) is 10.5 Å². The molecule has 0 bridgehead atoms. The highest BCUT2D eigenvalue weighted by atomic mass is 79.9. The van der Waals surface area contributed by atoms with Crippen LogP contribution in [-0.4, -0.2) is 0 Å². The van der Waals surface area contributed by atoms with Gasteiger partial charge in [-0.1, -0.05) is 6.92 Å². The molecule has 0 fully saturated rings. The maximum Gasteiger partial charge on any atom is 0.0398 e. The molecule has 0 amide bonds. The predicted molar refractivity (Wildman–Crippen MR) is 54.0 cm³/mol. The van der Waals surface area contributed by atoms with E-state index in [4.69, 9.17) is 5.73 Å². The molecule has 3 heteroatoms. The Balaban J connectivity index is 2.93. The summed E-state index contributed by atoms with van der Waals surface area (Å²) in [6.07, 6.45) is 0.999. The largest absolute Gasteiger partial charge is 0.323 e. The average Bonchev–Trinajstić information content (AvgIpc) is 2.28. The van der Waals surface area contributed by atoms with Gasteiger partial charge in [-0.05, 0) is 35.3 Å². The summed E-state index contributed by atoms with van der Waals surface area (Å²) in [6, 6.07) is 2.32. The van der Waals surface area contributed by atoms with E-state index < -0.39 is 0 Å². The van der Waals surface area contributed by atoms with Crippen LogP contribution in [-0.2, 0) is 0 Å². The van der Waals surface area contributed by atoms with Crippen molar-refractivity contribution >= 4 is 27.3 Å². The van der Waals surface area contributed by atoms with Gasteiger partial charge < -0.3 is 5.73 Å². The zero-order valence-corrected chi connectivity index (χ0v) is 9.13. The zero-order valence-electron chi connectivity index (χ0n) is 6.73. The maximum absolute atomic E-state index is 5.89. The van der Waals surface area contributed by atoms with Crippen molar-refractivity contribution in [3.63, 3.8) is 0 Å². The third kappa shape index (κ3) is 2.04. The summed E-state index contributed by atoms with van der Waals surface area (Å²) in [5.41, 5.74) is 5.89. The van der Waals surface area contributed by atoms with Crippen molar-refractivity contribution in [2.24, 2.45) is 5.73 Å². The maximum atomic E-state index is 5.89. The lowest BCUT2D eigenvalue weighted by Gasteiger charge is -2.05. The van der Waals surface area contributed by atoms with Crippen LogP contribution in [0.25, 0.3) is 0 Å². The van der Waals surface area contributed by atoms with E-state index in [9.17, 15) is 0 Å². The Morgan fingerprint density at radius 2 is 2.36 bits per heavy atom. The van der Waals surface area contributed by atoms with Crippen molar-refractivity contribution in [1.82, 2.24) is 0 Å². The van der Waals surface area contributed by atoms with Crippen molar-refractivity contribution in [2.75, 3.05) is 0 Å². The van der Waals surface area contributed by atoms with E-state index in [2.05, 4.69) is 35.8 Å². The summed E-state index contributed by atoms with van der Waals surface area (Å²) < 4.78 is 1.16. The minimum atomic E-state index is 0.197. The van der Waals surface area contributed by atoms with Crippen molar-refractivity contribution in [3.05, 3.63) is 20.3 Å². The molecule has 1 aromatic heterocycles. The van der Waals surface area contributed by atoms with Crippen LogP contribution in [0.5, 0.6) is 0 Å². The molecule has 0 aliphatic rings. The summed E-state index contributed by atoms with van der Waals surface area (Å²) in [7, 11) is 0. The molecule has 1 aromatic rings. The molecule has 0 unspecified atom stereocenters. The lowest BCUT2D eigenvalue weighted by atomic mass is 10.2. The van der Waals surface area contributed by atoms with Gasteiger partial charge in [0, 0.05) is 20.3 Å². The van der Waals surface area contributed by atoms with Crippen molar-refractivity contribution in [3.8, 4) is 0 Å². The highest BCUT2D eigenvalue weighted by Crippen LogP contribution is 2.32. The third-order valence-electron chi connectivity index (χ3n) is 1.61. The number of hydrogen-bond acceptors (Lipinski definition) is 2. The van der Waals surface area contributed by atoms with Gasteiger partial charge in [-0.3, -0.25) is 0 Å². The molecular weight excluding hydrogens is 222 g/mol. The number of aryl methyl sites for hydroxylation is 1. The van der Waals surface area contributed by atoms with E-state index in [0.717, 1.165) is 10.9 Å². The van der Waals surface area contributed by atoms with Gasteiger partial charge in [0.2, 0.25) is 0 Å². The molecule has 1 rings (SSSR count). The van der Waals surface area contributed by atoms with Gasteiger partial charge in [-0.15, -0.1) is 11.3 Å². The minimum absolute atomic E-state index is 0.197. The summed E-state index contributed by atoms with van der Waals surface area (Å²) >= 11 is 5.26. The highest BCUT2D eigenvalue weighted by Gasteiger charge is 2.10. The molecule has 0 spiro atoms. The van der Waals surface area contributed by atoms with E-state index in [1.165, 1.54) is 9.75 Å². The van der Waals surface area contributed by atoms with Gasteiger partial charge in [0.15, 0.2) is 0 Å². The molecular formula is C8H12BrNS. The van der Waals surface area contributed by atoms with Crippen LogP contribution < -0.4 is 5.73 Å². The standard InChI is InChI=1S/C8H12BrNS/c1-3-7(10)8-6(9)4-5(2)11-8/h4,7H,3,10H2,1-2H3/t7-/m1/s1. The Bertz CT molecular complexity index is 244. The molecule has 0 saturated carbocycles. The number of rotatable bonds is 2. The van der Waals surface area contributed by atoms with Crippen molar-refractivity contribution in [1.29, 1.82) is 0 Å². The third-order valence-corrected chi connectivity index (χ3v) is 3.71. The number of hydrogen-bond donors (Lipinski definition) is 1. The number of thiophene rings is 1. The fraction of sp³-hybridized carbons (Fsp3) is 0.500. The Labute approximate surface area is 79.7 Å². The minimum Gasteiger partial charge on any atom is -0.323 e. The van der Waals surface area contributed by atoms with Crippen LogP contribution >= 0.6 is 27.3 Å². The molecule has 1 atom stereocenters. The first-order chi connectivity index (χ1) is 5.15. The second-order valence-corrected chi connectivity index (χ2v) is 4.73. The predicted octanol–water partition coefficient (Wildman–Crippen LogP) is 3.23. The van der Waals surface area contributed by atoms with Crippen LogP contribution in [0.1, 0.15) is 29.1 Å². The summed E-state index contributed by atoms with van der Waals surface area (Å²) in [4.78, 5) is 2.58. The molecule has 0 aliphatic heterocycles. The van der Waals surface area contributed by atoms with Gasteiger partial charge >= 0.3 is 0 Å². The summed E-state index contributed by atoms with van der Waals surface area (Å²) in [5.74, 6) is 0. The number of nitrogens with two attached hydrogens (primary N) is 1. The van der Waals surface area contributed by atoms with E-state index in [0.29, 0.717) is 0 Å². The fourth-order valence-corrected chi connectivity index (χ4v) is 2.97. The van der Waals surface area contributed by atoms with Gasteiger partial charge in [0.05, 0.1) is 0 Å². The Morgan fingerprint density at radius 3 is 2.73 bits per heavy atom. The van der Waals surface area contributed by atoms with Crippen molar-refractivity contribution < 1.29 is 0 Å². The Morgan fingerprint density at radius 1 is 1.73 bits per heavy atom. The topological polar surface area (TPSA) is 26.0 Å². The second kappa shape index (κ2) is 3.70. The molecule has 62 valence electrons. The first-order valence-corrected chi connectivity index (χ1v) is 5.27. The molecule has 1 nitrogen and oxygen atoms in total. The zero-order chi connectivity index (χ0) is 8.43. The van der Waals surface area contributed by atoms with E-state index >= 15 is 0 Å². The molecule has 0 aliphatic carbocycles. The van der Waals surface area contributed by atoms with Crippen LogP contribution in [0.3, 0.4) is 0 Å². The van der Waals surface area contributed by atoms with E-state index in [1.54, 1.807) is 11.3 Å². The lowest BCUT2D eigenvalue weighted by Crippen LogP contribution is -2.06. The van der Waals surface area contributed by atoms with E-state index in [-0.39, 0.29) is 6.04 Å². The fourth-order valence-electron chi connectivity index (χ4n) is 0.939. The molecule has 11 heavy (non-hydrogen) atoms. The summed E-state index contributed by atoms with van der Waals surface area (Å²) in [5, 5.41) is 0. The number of halogens is 1. The first-order valence-electron chi connectivity index (χ1n) is 3.66. The van der Waals surface area contributed by atoms with Gasteiger partial charge in [0.1, 0.15) is 0 Å². The Kier molecular flexibility index (Phi) is 3.10. The van der Waals surface area contributed by atoms with Gasteiger partial charge in [-0.25, -0.2) is 0 Å².